The molecule has 1 aliphatic carbocycles. The van der Waals surface area contributed by atoms with Gasteiger partial charge in [-0.25, -0.2) is 4.39 Å². The number of carbonyl (C=O) groups is 1. The second-order valence-corrected chi connectivity index (χ2v) is 6.08. The van der Waals surface area contributed by atoms with Crippen molar-refractivity contribution in [1.82, 2.24) is 0 Å². The molecule has 0 saturated heterocycles. The van der Waals surface area contributed by atoms with Crippen LogP contribution in [0, 0.1) is 11.7 Å². The van der Waals surface area contributed by atoms with Crippen molar-refractivity contribution in [1.29, 1.82) is 0 Å². The first-order valence-corrected chi connectivity index (χ1v) is 8.06. The van der Waals surface area contributed by atoms with Crippen LogP contribution in [0.5, 0.6) is 5.75 Å². The van der Waals surface area contributed by atoms with E-state index in [0.29, 0.717) is 28.4 Å². The van der Waals surface area contributed by atoms with E-state index in [1.165, 1.54) is 6.07 Å². The number of hydrogen-bond donors (Lipinski definition) is 2. The van der Waals surface area contributed by atoms with Gasteiger partial charge in [0.05, 0.1) is 6.61 Å². The van der Waals surface area contributed by atoms with Crippen molar-refractivity contribution in [2.75, 3.05) is 18.5 Å². The molecule has 4 nitrogen and oxygen atoms in total. The van der Waals surface area contributed by atoms with Crippen molar-refractivity contribution in [2.45, 2.75) is 12.3 Å². The Morgan fingerprint density at radius 1 is 1.29 bits per heavy atom. The fourth-order valence-corrected chi connectivity index (χ4v) is 3.00. The van der Waals surface area contributed by atoms with E-state index in [1.807, 2.05) is 0 Å². The summed E-state index contributed by atoms with van der Waals surface area (Å²) >= 11 is 6.05. The number of hydrogen-bond acceptors (Lipinski definition) is 3. The molecule has 0 aromatic heterocycles. The Morgan fingerprint density at radius 3 is 2.71 bits per heavy atom. The van der Waals surface area contributed by atoms with Crippen LogP contribution in [0.25, 0.3) is 0 Å². The summed E-state index contributed by atoms with van der Waals surface area (Å²) in [5.74, 6) is -0.350. The van der Waals surface area contributed by atoms with Gasteiger partial charge >= 0.3 is 0 Å². The van der Waals surface area contributed by atoms with Crippen LogP contribution in [0.1, 0.15) is 17.9 Å². The van der Waals surface area contributed by atoms with Gasteiger partial charge in [-0.3, -0.25) is 4.79 Å². The summed E-state index contributed by atoms with van der Waals surface area (Å²) in [5, 5.41) is 11.9. The van der Waals surface area contributed by atoms with E-state index < -0.39 is 0 Å². The van der Waals surface area contributed by atoms with Gasteiger partial charge in [0, 0.05) is 28.1 Å². The second-order valence-electron chi connectivity index (χ2n) is 5.67. The number of amides is 1. The topological polar surface area (TPSA) is 58.6 Å². The lowest BCUT2D eigenvalue weighted by atomic mass is 10.1. The molecular weight excluding hydrogens is 333 g/mol. The number of ether oxygens (including phenoxy) is 1. The molecule has 2 aromatic carbocycles. The first-order valence-electron chi connectivity index (χ1n) is 7.68. The number of halogens is 2. The first kappa shape index (κ1) is 16.7. The maximum absolute atomic E-state index is 13.9. The zero-order chi connectivity index (χ0) is 17.1. The average Bonchev–Trinajstić information content (AvgIpc) is 3.34. The van der Waals surface area contributed by atoms with Gasteiger partial charge in [0.15, 0.2) is 0 Å². The third-order valence-electron chi connectivity index (χ3n) is 3.98. The molecule has 1 aliphatic rings. The van der Waals surface area contributed by atoms with Crippen LogP contribution < -0.4 is 10.1 Å². The Hall–Kier alpha value is -2.11. The van der Waals surface area contributed by atoms with E-state index in [4.69, 9.17) is 21.4 Å². The van der Waals surface area contributed by atoms with E-state index in [2.05, 4.69) is 5.32 Å². The van der Waals surface area contributed by atoms with E-state index >= 15 is 0 Å². The number of anilines is 1. The van der Waals surface area contributed by atoms with Crippen molar-refractivity contribution >= 4 is 23.2 Å². The molecule has 2 N–H and O–H groups in total. The highest BCUT2D eigenvalue weighted by Gasteiger charge is 2.46. The van der Waals surface area contributed by atoms with Gasteiger partial charge in [-0.05, 0) is 42.8 Å². The minimum atomic E-state index is -0.367. The number of benzene rings is 2. The van der Waals surface area contributed by atoms with E-state index in [-0.39, 0.29) is 36.8 Å². The maximum atomic E-state index is 13.9. The highest BCUT2D eigenvalue weighted by Crippen LogP contribution is 2.50. The summed E-state index contributed by atoms with van der Waals surface area (Å²) in [6, 6.07) is 11.4. The van der Waals surface area contributed by atoms with Gasteiger partial charge in [-0.1, -0.05) is 17.7 Å². The summed E-state index contributed by atoms with van der Waals surface area (Å²) in [6.45, 7) is 0.166. The lowest BCUT2D eigenvalue weighted by Gasteiger charge is -2.08. The molecule has 0 bridgehead atoms. The Labute approximate surface area is 144 Å². The maximum Gasteiger partial charge on any atom is 0.228 e. The van der Waals surface area contributed by atoms with Gasteiger partial charge in [-0.15, -0.1) is 0 Å². The molecule has 6 heteroatoms. The fourth-order valence-electron chi connectivity index (χ4n) is 2.70. The Morgan fingerprint density at radius 2 is 2.04 bits per heavy atom. The zero-order valence-corrected chi connectivity index (χ0v) is 13.6. The lowest BCUT2D eigenvalue weighted by molar-refractivity contribution is -0.117. The molecule has 2 unspecified atom stereocenters. The minimum absolute atomic E-state index is 0.0554. The molecule has 126 valence electrons. The predicted octanol–water partition coefficient (Wildman–Crippen LogP) is 3.59. The average molecular weight is 350 g/mol. The molecule has 0 heterocycles. The molecule has 2 atom stereocenters. The van der Waals surface area contributed by atoms with Crippen molar-refractivity contribution in [3.63, 3.8) is 0 Å². The molecule has 2 aromatic rings. The quantitative estimate of drug-likeness (QED) is 0.837. The number of carbonyl (C=O) groups excluding carboxylic acids is 1. The lowest BCUT2D eigenvalue weighted by Crippen LogP contribution is -2.14. The minimum Gasteiger partial charge on any atom is -0.491 e. The number of rotatable bonds is 6. The fraction of sp³-hybridized carbons (Fsp3) is 0.278. The third kappa shape index (κ3) is 3.68. The van der Waals surface area contributed by atoms with Crippen LogP contribution >= 0.6 is 11.6 Å². The molecular formula is C18H17ClFNO3. The largest absolute Gasteiger partial charge is 0.491 e. The standard InChI is InChI=1S/C18H17ClFNO3/c19-15-2-1-3-16(20)17(15)13-10-14(13)18(23)21-11-4-6-12(7-5-11)24-9-8-22/h1-7,13-14,22H,8-10H2,(H,21,23). The van der Waals surface area contributed by atoms with Crippen LogP contribution in [-0.4, -0.2) is 24.2 Å². The van der Waals surface area contributed by atoms with Gasteiger partial charge in [0.25, 0.3) is 0 Å². The highest BCUT2D eigenvalue weighted by atomic mass is 35.5. The van der Waals surface area contributed by atoms with Gasteiger partial charge in [0.2, 0.25) is 5.91 Å². The Kier molecular flexibility index (Phi) is 5.02. The summed E-state index contributed by atoms with van der Waals surface area (Å²) in [5.41, 5.74) is 1.06. The third-order valence-corrected chi connectivity index (χ3v) is 4.31. The van der Waals surface area contributed by atoms with Crippen molar-refractivity contribution in [2.24, 2.45) is 5.92 Å². The van der Waals surface area contributed by atoms with Gasteiger partial charge in [0.1, 0.15) is 18.2 Å². The predicted molar refractivity (Wildman–Crippen MR) is 89.9 cm³/mol. The molecule has 24 heavy (non-hydrogen) atoms. The molecule has 0 spiro atoms. The van der Waals surface area contributed by atoms with Crippen molar-refractivity contribution < 1.29 is 19.0 Å². The van der Waals surface area contributed by atoms with Crippen LogP contribution in [0.3, 0.4) is 0 Å². The summed E-state index contributed by atoms with van der Waals surface area (Å²) in [4.78, 5) is 12.3. The molecule has 3 rings (SSSR count). The highest BCUT2D eigenvalue weighted by molar-refractivity contribution is 6.31. The summed E-state index contributed by atoms with van der Waals surface area (Å²) < 4.78 is 19.2. The van der Waals surface area contributed by atoms with E-state index in [9.17, 15) is 9.18 Å². The Bertz CT molecular complexity index is 715. The summed E-state index contributed by atoms with van der Waals surface area (Å²) in [7, 11) is 0. The molecule has 1 fully saturated rings. The number of nitrogens with one attached hydrogen (secondary N) is 1. The van der Waals surface area contributed by atoms with Crippen LogP contribution in [-0.2, 0) is 4.79 Å². The SMILES string of the molecule is O=C(Nc1ccc(OCCO)cc1)C1CC1c1c(F)cccc1Cl. The van der Waals surface area contributed by atoms with Crippen LogP contribution in [0.4, 0.5) is 10.1 Å². The molecule has 1 amide bonds. The first-order chi connectivity index (χ1) is 11.6. The molecule has 1 saturated carbocycles. The number of aliphatic hydroxyl groups excluding tert-OH is 1. The number of aliphatic hydroxyl groups is 1. The van der Waals surface area contributed by atoms with E-state index in [1.54, 1.807) is 36.4 Å². The van der Waals surface area contributed by atoms with Crippen LogP contribution in [0.2, 0.25) is 5.02 Å². The zero-order valence-electron chi connectivity index (χ0n) is 12.8. The molecule has 0 radical (unpaired) electrons. The normalized spacial score (nSPS) is 19.0. The van der Waals surface area contributed by atoms with Gasteiger partial charge < -0.3 is 15.2 Å². The van der Waals surface area contributed by atoms with Gasteiger partial charge in [-0.2, -0.15) is 0 Å². The van der Waals surface area contributed by atoms with Crippen molar-refractivity contribution in [3.8, 4) is 5.75 Å². The smallest absolute Gasteiger partial charge is 0.228 e. The second kappa shape index (κ2) is 7.20. The molecule has 0 aliphatic heterocycles. The van der Waals surface area contributed by atoms with E-state index in [0.717, 1.165) is 0 Å². The van der Waals surface area contributed by atoms with Crippen molar-refractivity contribution in [3.05, 3.63) is 58.9 Å². The Balaban J connectivity index is 1.61. The van der Waals surface area contributed by atoms with Crippen LogP contribution in [0.15, 0.2) is 42.5 Å². The monoisotopic (exact) mass is 349 g/mol. The summed E-state index contributed by atoms with van der Waals surface area (Å²) in [6.07, 6.45) is 0.587.